The molecule has 0 atom stereocenters. The summed E-state index contributed by atoms with van der Waals surface area (Å²) < 4.78 is 5.59. The van der Waals surface area contributed by atoms with E-state index < -0.39 is 0 Å². The smallest absolute Gasteiger partial charge is 0.0466 e. The first-order valence-corrected chi connectivity index (χ1v) is 7.05. The highest BCUT2D eigenvalue weighted by Gasteiger charge is 1.94. The topological polar surface area (TPSA) is 21.3 Å². The highest BCUT2D eigenvalue weighted by Crippen LogP contribution is 2.03. The highest BCUT2D eigenvalue weighted by molar-refractivity contribution is 4.48. The van der Waals surface area contributed by atoms with Gasteiger partial charge in [-0.05, 0) is 57.5 Å². The molecule has 0 aliphatic rings. The second kappa shape index (κ2) is 13.0. The van der Waals surface area contributed by atoms with E-state index in [9.17, 15) is 0 Å². The van der Waals surface area contributed by atoms with Crippen LogP contribution in [0.3, 0.4) is 0 Å². The van der Waals surface area contributed by atoms with Crippen molar-refractivity contribution < 1.29 is 4.74 Å². The molecule has 98 valence electrons. The van der Waals surface area contributed by atoms with Gasteiger partial charge in [-0.3, -0.25) is 0 Å². The molecule has 0 aromatic carbocycles. The molecule has 0 spiro atoms. The van der Waals surface area contributed by atoms with Crippen LogP contribution in [0.25, 0.3) is 0 Å². The Morgan fingerprint density at radius 2 is 1.69 bits per heavy atom. The summed E-state index contributed by atoms with van der Waals surface area (Å²) in [5, 5.41) is 3.42. The Morgan fingerprint density at radius 1 is 0.938 bits per heavy atom. The number of ether oxygens (including phenoxy) is 1. The molecular formula is C14H31NO. The Morgan fingerprint density at radius 3 is 2.38 bits per heavy atom. The van der Waals surface area contributed by atoms with Crippen molar-refractivity contribution in [1.82, 2.24) is 5.32 Å². The summed E-state index contributed by atoms with van der Waals surface area (Å²) in [6.45, 7) is 11.0. The normalized spacial score (nSPS) is 11.2. The Labute approximate surface area is 102 Å². The predicted molar refractivity (Wildman–Crippen MR) is 71.9 cm³/mol. The molecule has 0 rings (SSSR count). The van der Waals surface area contributed by atoms with Gasteiger partial charge in [-0.1, -0.05) is 20.8 Å². The molecule has 2 heteroatoms. The number of hydrogen-bond acceptors (Lipinski definition) is 2. The molecule has 0 aliphatic carbocycles. The minimum absolute atomic E-state index is 0.813. The van der Waals surface area contributed by atoms with E-state index >= 15 is 0 Å². The first kappa shape index (κ1) is 15.9. The van der Waals surface area contributed by atoms with E-state index in [0.29, 0.717) is 0 Å². The van der Waals surface area contributed by atoms with Gasteiger partial charge in [0.25, 0.3) is 0 Å². The van der Waals surface area contributed by atoms with Crippen molar-refractivity contribution >= 4 is 0 Å². The van der Waals surface area contributed by atoms with Gasteiger partial charge in [0, 0.05) is 13.2 Å². The summed E-state index contributed by atoms with van der Waals surface area (Å²) in [5.41, 5.74) is 0. The van der Waals surface area contributed by atoms with Gasteiger partial charge < -0.3 is 10.1 Å². The van der Waals surface area contributed by atoms with Crippen molar-refractivity contribution in [3.63, 3.8) is 0 Å². The van der Waals surface area contributed by atoms with E-state index in [1.54, 1.807) is 0 Å². The van der Waals surface area contributed by atoms with Crippen LogP contribution in [-0.4, -0.2) is 26.3 Å². The van der Waals surface area contributed by atoms with Crippen molar-refractivity contribution in [1.29, 1.82) is 0 Å². The monoisotopic (exact) mass is 229 g/mol. The van der Waals surface area contributed by atoms with Gasteiger partial charge in [0.05, 0.1) is 0 Å². The Hall–Kier alpha value is -0.0800. The predicted octanol–water partition coefficient (Wildman–Crippen LogP) is 3.61. The van der Waals surface area contributed by atoms with Gasteiger partial charge in [-0.25, -0.2) is 0 Å². The van der Waals surface area contributed by atoms with Crippen molar-refractivity contribution in [3.8, 4) is 0 Å². The molecule has 0 unspecified atom stereocenters. The molecule has 0 saturated carbocycles. The lowest BCUT2D eigenvalue weighted by Crippen LogP contribution is -2.15. The van der Waals surface area contributed by atoms with Crippen LogP contribution >= 0.6 is 0 Å². The summed E-state index contributed by atoms with van der Waals surface area (Å²) in [6, 6.07) is 0. The third-order valence-electron chi connectivity index (χ3n) is 2.64. The molecule has 0 aliphatic heterocycles. The quantitative estimate of drug-likeness (QED) is 0.516. The van der Waals surface area contributed by atoms with Gasteiger partial charge in [0.1, 0.15) is 0 Å². The molecular weight excluding hydrogens is 198 g/mol. The molecule has 0 fully saturated rings. The molecule has 0 saturated heterocycles. The van der Waals surface area contributed by atoms with Crippen molar-refractivity contribution in [2.24, 2.45) is 5.92 Å². The first-order valence-electron chi connectivity index (χ1n) is 7.05. The van der Waals surface area contributed by atoms with Crippen LogP contribution in [0.1, 0.15) is 59.3 Å². The van der Waals surface area contributed by atoms with Crippen LogP contribution < -0.4 is 5.32 Å². The van der Waals surface area contributed by atoms with E-state index in [2.05, 4.69) is 26.1 Å². The Bertz CT molecular complexity index is 126. The lowest BCUT2D eigenvalue weighted by molar-refractivity contribution is 0.124. The molecule has 0 aromatic heterocycles. The number of hydrogen-bond donors (Lipinski definition) is 1. The molecule has 1 N–H and O–H groups in total. The van der Waals surface area contributed by atoms with E-state index in [1.807, 2.05) is 0 Å². The lowest BCUT2D eigenvalue weighted by atomic mass is 10.1. The summed E-state index contributed by atoms with van der Waals surface area (Å²) in [5.74, 6) is 0.813. The Kier molecular flexibility index (Phi) is 12.9. The van der Waals surface area contributed by atoms with Crippen molar-refractivity contribution in [2.45, 2.75) is 59.3 Å². The SMILES string of the molecule is CCCNCCCCCOCCCC(C)C. The third kappa shape index (κ3) is 13.9. The third-order valence-corrected chi connectivity index (χ3v) is 2.64. The van der Waals surface area contributed by atoms with Crippen LogP contribution in [0.4, 0.5) is 0 Å². The van der Waals surface area contributed by atoms with Crippen LogP contribution in [0.5, 0.6) is 0 Å². The fraction of sp³-hybridized carbons (Fsp3) is 1.00. The fourth-order valence-electron chi connectivity index (χ4n) is 1.63. The number of rotatable bonds is 12. The zero-order valence-corrected chi connectivity index (χ0v) is 11.6. The van der Waals surface area contributed by atoms with Gasteiger partial charge >= 0.3 is 0 Å². The largest absolute Gasteiger partial charge is 0.381 e. The molecule has 0 aromatic rings. The van der Waals surface area contributed by atoms with E-state index in [1.165, 1.54) is 45.1 Å². The summed E-state index contributed by atoms with van der Waals surface area (Å²) in [7, 11) is 0. The molecule has 2 nitrogen and oxygen atoms in total. The van der Waals surface area contributed by atoms with Crippen molar-refractivity contribution in [2.75, 3.05) is 26.3 Å². The average Bonchev–Trinajstić information content (AvgIpc) is 2.25. The van der Waals surface area contributed by atoms with Crippen LogP contribution in [0.15, 0.2) is 0 Å². The first-order chi connectivity index (χ1) is 7.77. The van der Waals surface area contributed by atoms with Gasteiger partial charge in [0.15, 0.2) is 0 Å². The molecule has 0 radical (unpaired) electrons. The summed E-state index contributed by atoms with van der Waals surface area (Å²) >= 11 is 0. The van der Waals surface area contributed by atoms with Crippen LogP contribution in [0.2, 0.25) is 0 Å². The summed E-state index contributed by atoms with van der Waals surface area (Å²) in [6.07, 6.45) is 7.54. The zero-order chi connectivity index (χ0) is 12.1. The maximum absolute atomic E-state index is 5.59. The standard InChI is InChI=1S/C14H31NO/c1-4-10-15-11-6-5-7-12-16-13-8-9-14(2)3/h14-15H,4-13H2,1-3H3. The minimum atomic E-state index is 0.813. The highest BCUT2D eigenvalue weighted by atomic mass is 16.5. The molecule has 0 heterocycles. The van der Waals surface area contributed by atoms with Crippen LogP contribution in [0, 0.1) is 5.92 Å². The lowest BCUT2D eigenvalue weighted by Gasteiger charge is -2.06. The van der Waals surface area contributed by atoms with Gasteiger partial charge in [-0.15, -0.1) is 0 Å². The second-order valence-corrected chi connectivity index (χ2v) is 4.96. The molecule has 16 heavy (non-hydrogen) atoms. The zero-order valence-electron chi connectivity index (χ0n) is 11.6. The van der Waals surface area contributed by atoms with E-state index in [-0.39, 0.29) is 0 Å². The van der Waals surface area contributed by atoms with E-state index in [4.69, 9.17) is 4.74 Å². The fourth-order valence-corrected chi connectivity index (χ4v) is 1.63. The summed E-state index contributed by atoms with van der Waals surface area (Å²) in [4.78, 5) is 0. The maximum atomic E-state index is 5.59. The number of nitrogens with one attached hydrogen (secondary N) is 1. The van der Waals surface area contributed by atoms with Crippen LogP contribution in [-0.2, 0) is 4.74 Å². The average molecular weight is 229 g/mol. The van der Waals surface area contributed by atoms with E-state index in [0.717, 1.165) is 25.7 Å². The maximum Gasteiger partial charge on any atom is 0.0466 e. The van der Waals surface area contributed by atoms with Gasteiger partial charge in [0.2, 0.25) is 0 Å². The number of unbranched alkanes of at least 4 members (excludes halogenated alkanes) is 2. The van der Waals surface area contributed by atoms with Gasteiger partial charge in [-0.2, -0.15) is 0 Å². The second-order valence-electron chi connectivity index (χ2n) is 4.96. The Balaban J connectivity index is 2.88. The molecule has 0 amide bonds. The van der Waals surface area contributed by atoms with Crippen molar-refractivity contribution in [3.05, 3.63) is 0 Å². The minimum Gasteiger partial charge on any atom is -0.381 e. The molecule has 0 bridgehead atoms.